The molecule has 0 unspecified atom stereocenters. The molecule has 0 saturated heterocycles. The Kier molecular flexibility index (Phi) is 2.79. The van der Waals surface area contributed by atoms with Gasteiger partial charge in [0.25, 0.3) is 0 Å². The molecule has 1 aliphatic rings. The number of aromatic nitrogens is 1. The average Bonchev–Trinajstić information content (AvgIpc) is 3.01. The molecule has 1 aliphatic heterocycles. The predicted molar refractivity (Wildman–Crippen MR) is 82.2 cm³/mol. The standard InChI is InChI=1S/C18H14N2O/c21-18(13-6-7-14-10-19-11-15(14)9-13)16-5-1-3-12-4-2-8-20-17(12)16/h1-9,19H,10-11H2. The summed E-state index contributed by atoms with van der Waals surface area (Å²) in [7, 11) is 0. The third-order valence-corrected chi connectivity index (χ3v) is 3.98. The van der Waals surface area contributed by atoms with Crippen molar-refractivity contribution in [1.29, 1.82) is 0 Å². The maximum Gasteiger partial charge on any atom is 0.195 e. The molecule has 2 heterocycles. The number of nitrogens with zero attached hydrogens (tertiary/aromatic N) is 1. The fraction of sp³-hybridized carbons (Fsp3) is 0.111. The number of ketones is 1. The van der Waals surface area contributed by atoms with E-state index in [4.69, 9.17) is 0 Å². The molecule has 3 heteroatoms. The lowest BCUT2D eigenvalue weighted by molar-refractivity contribution is 0.104. The Hall–Kier alpha value is -2.52. The predicted octanol–water partition coefficient (Wildman–Crippen LogP) is 3.07. The topological polar surface area (TPSA) is 42.0 Å². The molecule has 0 radical (unpaired) electrons. The third kappa shape index (κ3) is 2.03. The SMILES string of the molecule is O=C(c1ccc2c(c1)CNC2)c1cccc2cccnc12. The molecule has 102 valence electrons. The van der Waals surface area contributed by atoms with Gasteiger partial charge in [-0.25, -0.2) is 0 Å². The lowest BCUT2D eigenvalue weighted by Crippen LogP contribution is -2.04. The summed E-state index contributed by atoms with van der Waals surface area (Å²) in [5, 5.41) is 4.29. The fourth-order valence-corrected chi connectivity index (χ4v) is 2.88. The van der Waals surface area contributed by atoms with Gasteiger partial charge >= 0.3 is 0 Å². The van der Waals surface area contributed by atoms with Crippen LogP contribution in [0.3, 0.4) is 0 Å². The van der Waals surface area contributed by atoms with E-state index in [1.807, 2.05) is 48.5 Å². The first-order valence-corrected chi connectivity index (χ1v) is 7.04. The second-order valence-corrected chi connectivity index (χ2v) is 5.30. The van der Waals surface area contributed by atoms with Crippen LogP contribution in [0.25, 0.3) is 10.9 Å². The van der Waals surface area contributed by atoms with Crippen LogP contribution in [0, 0.1) is 0 Å². The van der Waals surface area contributed by atoms with E-state index in [-0.39, 0.29) is 5.78 Å². The van der Waals surface area contributed by atoms with E-state index in [1.165, 1.54) is 11.1 Å². The second kappa shape index (κ2) is 4.79. The molecule has 0 bridgehead atoms. The molecule has 0 fully saturated rings. The van der Waals surface area contributed by atoms with Crippen molar-refractivity contribution in [3.63, 3.8) is 0 Å². The van der Waals surface area contributed by atoms with Crippen molar-refractivity contribution in [3.05, 3.63) is 77.0 Å². The summed E-state index contributed by atoms with van der Waals surface area (Å²) in [6.45, 7) is 1.73. The maximum absolute atomic E-state index is 12.8. The Labute approximate surface area is 122 Å². The number of fused-ring (bicyclic) bond motifs is 2. The molecule has 3 nitrogen and oxygen atoms in total. The fourth-order valence-electron chi connectivity index (χ4n) is 2.88. The van der Waals surface area contributed by atoms with Crippen LogP contribution < -0.4 is 5.32 Å². The number of pyridine rings is 1. The molecule has 1 N–H and O–H groups in total. The Morgan fingerprint density at radius 1 is 1.00 bits per heavy atom. The van der Waals surface area contributed by atoms with Gasteiger partial charge in [-0.2, -0.15) is 0 Å². The summed E-state index contributed by atoms with van der Waals surface area (Å²) in [6.07, 6.45) is 1.73. The zero-order valence-electron chi connectivity index (χ0n) is 11.5. The van der Waals surface area contributed by atoms with Gasteiger partial charge in [0.2, 0.25) is 0 Å². The second-order valence-electron chi connectivity index (χ2n) is 5.30. The van der Waals surface area contributed by atoms with E-state index >= 15 is 0 Å². The van der Waals surface area contributed by atoms with Gasteiger partial charge in [0.15, 0.2) is 5.78 Å². The van der Waals surface area contributed by atoms with Crippen molar-refractivity contribution in [3.8, 4) is 0 Å². The van der Waals surface area contributed by atoms with Gasteiger partial charge in [0, 0.05) is 35.8 Å². The van der Waals surface area contributed by atoms with E-state index < -0.39 is 0 Å². The Morgan fingerprint density at radius 2 is 1.86 bits per heavy atom. The van der Waals surface area contributed by atoms with Crippen molar-refractivity contribution in [2.75, 3.05) is 0 Å². The molecular weight excluding hydrogens is 260 g/mol. The zero-order chi connectivity index (χ0) is 14.2. The number of hydrogen-bond acceptors (Lipinski definition) is 3. The highest BCUT2D eigenvalue weighted by atomic mass is 16.1. The van der Waals surface area contributed by atoms with Gasteiger partial charge in [-0.15, -0.1) is 0 Å². The molecule has 3 aromatic rings. The van der Waals surface area contributed by atoms with E-state index in [0.29, 0.717) is 5.56 Å². The van der Waals surface area contributed by atoms with E-state index in [0.717, 1.165) is 29.6 Å². The summed E-state index contributed by atoms with van der Waals surface area (Å²) < 4.78 is 0. The number of para-hydroxylation sites is 1. The molecule has 0 spiro atoms. The summed E-state index contributed by atoms with van der Waals surface area (Å²) in [6, 6.07) is 15.6. The first-order valence-electron chi connectivity index (χ1n) is 7.04. The molecular formula is C18H14N2O. The molecule has 21 heavy (non-hydrogen) atoms. The van der Waals surface area contributed by atoms with Crippen LogP contribution in [-0.2, 0) is 13.1 Å². The van der Waals surface area contributed by atoms with Crippen LogP contribution in [-0.4, -0.2) is 10.8 Å². The molecule has 1 aromatic heterocycles. The number of rotatable bonds is 2. The number of benzene rings is 2. The van der Waals surface area contributed by atoms with Crippen LogP contribution >= 0.6 is 0 Å². The van der Waals surface area contributed by atoms with Crippen molar-refractivity contribution >= 4 is 16.7 Å². The highest BCUT2D eigenvalue weighted by Gasteiger charge is 2.16. The van der Waals surface area contributed by atoms with Gasteiger partial charge in [0.05, 0.1) is 5.52 Å². The van der Waals surface area contributed by atoms with Gasteiger partial charge in [-0.1, -0.05) is 30.3 Å². The Bertz CT molecular complexity index is 849. The molecule has 0 saturated carbocycles. The van der Waals surface area contributed by atoms with Gasteiger partial charge in [-0.3, -0.25) is 9.78 Å². The molecule has 0 atom stereocenters. The average molecular weight is 274 g/mol. The molecule has 2 aromatic carbocycles. The van der Waals surface area contributed by atoms with Crippen LogP contribution in [0.4, 0.5) is 0 Å². The number of carbonyl (C=O) groups is 1. The molecule has 4 rings (SSSR count). The van der Waals surface area contributed by atoms with E-state index in [1.54, 1.807) is 6.20 Å². The largest absolute Gasteiger partial charge is 0.309 e. The first-order chi connectivity index (χ1) is 10.3. The Morgan fingerprint density at radius 3 is 2.81 bits per heavy atom. The monoisotopic (exact) mass is 274 g/mol. The van der Waals surface area contributed by atoms with Crippen LogP contribution in [0.15, 0.2) is 54.7 Å². The van der Waals surface area contributed by atoms with Gasteiger partial charge < -0.3 is 5.32 Å². The summed E-state index contributed by atoms with van der Waals surface area (Å²) >= 11 is 0. The summed E-state index contributed by atoms with van der Waals surface area (Å²) in [4.78, 5) is 17.2. The van der Waals surface area contributed by atoms with Crippen LogP contribution in [0.5, 0.6) is 0 Å². The van der Waals surface area contributed by atoms with Crippen LogP contribution in [0.2, 0.25) is 0 Å². The minimum Gasteiger partial charge on any atom is -0.309 e. The van der Waals surface area contributed by atoms with Crippen molar-refractivity contribution in [2.45, 2.75) is 13.1 Å². The highest BCUT2D eigenvalue weighted by Crippen LogP contribution is 2.22. The minimum atomic E-state index is 0.0361. The molecule has 0 amide bonds. The third-order valence-electron chi connectivity index (χ3n) is 3.98. The van der Waals surface area contributed by atoms with E-state index in [2.05, 4.69) is 10.3 Å². The quantitative estimate of drug-likeness (QED) is 0.730. The minimum absolute atomic E-state index is 0.0361. The molecule has 0 aliphatic carbocycles. The number of carbonyl (C=O) groups excluding carboxylic acids is 1. The normalized spacial score (nSPS) is 13.3. The highest BCUT2D eigenvalue weighted by molar-refractivity contribution is 6.15. The number of nitrogens with one attached hydrogen (secondary N) is 1. The lowest BCUT2D eigenvalue weighted by Gasteiger charge is -2.06. The summed E-state index contributed by atoms with van der Waals surface area (Å²) in [5.41, 5.74) is 4.66. The van der Waals surface area contributed by atoms with Gasteiger partial charge in [0.1, 0.15) is 0 Å². The lowest BCUT2D eigenvalue weighted by atomic mass is 9.97. The number of hydrogen-bond donors (Lipinski definition) is 1. The van der Waals surface area contributed by atoms with E-state index in [9.17, 15) is 4.79 Å². The maximum atomic E-state index is 12.8. The van der Waals surface area contributed by atoms with Crippen molar-refractivity contribution in [1.82, 2.24) is 10.3 Å². The van der Waals surface area contributed by atoms with Crippen molar-refractivity contribution in [2.24, 2.45) is 0 Å². The van der Waals surface area contributed by atoms with Crippen molar-refractivity contribution < 1.29 is 4.79 Å². The first kappa shape index (κ1) is 12.2. The zero-order valence-corrected chi connectivity index (χ0v) is 11.5. The smallest absolute Gasteiger partial charge is 0.195 e. The van der Waals surface area contributed by atoms with Gasteiger partial charge in [-0.05, 0) is 29.3 Å². The Balaban J connectivity index is 1.83. The van der Waals surface area contributed by atoms with Crippen LogP contribution in [0.1, 0.15) is 27.0 Å². The summed E-state index contributed by atoms with van der Waals surface area (Å²) in [5.74, 6) is 0.0361.